The fraction of sp³-hybridized carbons (Fsp3) is 0.125. The molecule has 22 heavy (non-hydrogen) atoms. The summed E-state index contributed by atoms with van der Waals surface area (Å²) >= 11 is 0. The average molecular weight is 315 g/mol. The Kier molecular flexibility index (Phi) is 4.29. The number of carbonyl (C=O) groups is 1. The maximum Gasteiger partial charge on any atom is 0.339 e. The Morgan fingerprint density at radius 1 is 1.36 bits per heavy atom. The van der Waals surface area contributed by atoms with Crippen LogP contribution in [0.1, 0.15) is 15.9 Å². The molecule has 0 saturated carbocycles. The largest absolute Gasteiger partial charge is 0.465 e. The fourth-order valence-corrected chi connectivity index (χ4v) is 2.94. The van der Waals surface area contributed by atoms with E-state index in [1.54, 1.807) is 18.3 Å². The van der Waals surface area contributed by atoms with Gasteiger partial charge in [0.15, 0.2) is 9.84 Å². The van der Waals surface area contributed by atoms with Crippen LogP contribution in [0.25, 0.3) is 11.1 Å². The summed E-state index contributed by atoms with van der Waals surface area (Å²) in [4.78, 5) is 15.8. The van der Waals surface area contributed by atoms with Crippen molar-refractivity contribution in [3.63, 3.8) is 0 Å². The van der Waals surface area contributed by atoms with Crippen molar-refractivity contribution >= 4 is 15.8 Å². The highest BCUT2D eigenvalue weighted by Gasteiger charge is 2.21. The van der Waals surface area contributed by atoms with Crippen LogP contribution >= 0.6 is 0 Å². The maximum atomic E-state index is 12.1. The molecule has 0 spiro atoms. The second kappa shape index (κ2) is 6.00. The zero-order valence-electron chi connectivity index (χ0n) is 12.0. The first-order chi connectivity index (χ1) is 10.4. The van der Waals surface area contributed by atoms with Gasteiger partial charge in [0, 0.05) is 35.3 Å². The van der Waals surface area contributed by atoms with Crippen molar-refractivity contribution in [3.8, 4) is 23.5 Å². The van der Waals surface area contributed by atoms with E-state index < -0.39 is 15.8 Å². The van der Waals surface area contributed by atoms with Crippen molar-refractivity contribution in [3.05, 3.63) is 47.8 Å². The molecule has 0 saturated heterocycles. The van der Waals surface area contributed by atoms with Crippen LogP contribution in [0.15, 0.2) is 41.6 Å². The molecule has 0 bridgehead atoms. The molecule has 0 aliphatic heterocycles. The summed E-state index contributed by atoms with van der Waals surface area (Å²) in [7, 11) is -2.37. The van der Waals surface area contributed by atoms with Gasteiger partial charge in [0.1, 0.15) is 0 Å². The molecule has 0 fully saturated rings. The van der Waals surface area contributed by atoms with E-state index in [2.05, 4.69) is 15.6 Å². The highest BCUT2D eigenvalue weighted by Crippen LogP contribution is 2.30. The summed E-state index contributed by atoms with van der Waals surface area (Å²) in [6.45, 7) is 0. The number of terminal acetylenes is 1. The predicted octanol–water partition coefficient (Wildman–Crippen LogP) is 1.92. The summed E-state index contributed by atoms with van der Waals surface area (Å²) in [6.07, 6.45) is 9.60. The topological polar surface area (TPSA) is 73.3 Å². The van der Waals surface area contributed by atoms with Gasteiger partial charge in [0.2, 0.25) is 0 Å². The number of methoxy groups -OCH3 is 1. The van der Waals surface area contributed by atoms with Crippen LogP contribution in [-0.4, -0.2) is 32.7 Å². The molecule has 1 heterocycles. The number of ether oxygens (including phenoxy) is 1. The van der Waals surface area contributed by atoms with Crippen LogP contribution in [0.3, 0.4) is 0 Å². The predicted molar refractivity (Wildman–Crippen MR) is 82.1 cm³/mol. The number of pyridine rings is 1. The first-order valence-corrected chi connectivity index (χ1v) is 8.11. The number of carbonyl (C=O) groups excluding carboxylic acids is 1. The van der Waals surface area contributed by atoms with Gasteiger partial charge >= 0.3 is 5.97 Å². The molecule has 6 heteroatoms. The standard InChI is InChI=1S/C16H13NO4S/c1-4-11-8-13(12-6-5-7-17-10-12)15(22(3,19)20)9-14(11)16(18)21-2/h1,5-10H,2-3H3. The Morgan fingerprint density at radius 2 is 2.09 bits per heavy atom. The number of rotatable bonds is 3. The summed E-state index contributed by atoms with van der Waals surface area (Å²) in [5.41, 5.74) is 1.29. The van der Waals surface area contributed by atoms with E-state index >= 15 is 0 Å². The van der Waals surface area contributed by atoms with Crippen LogP contribution in [0, 0.1) is 12.3 Å². The minimum Gasteiger partial charge on any atom is -0.465 e. The molecule has 0 amide bonds. The van der Waals surface area contributed by atoms with Crippen LogP contribution < -0.4 is 0 Å². The molecule has 0 atom stereocenters. The van der Waals surface area contributed by atoms with Crippen LogP contribution in [0.5, 0.6) is 0 Å². The third-order valence-corrected chi connectivity index (χ3v) is 4.19. The molecule has 2 rings (SSSR count). The number of aromatic nitrogens is 1. The Bertz CT molecular complexity index is 865. The minimum absolute atomic E-state index is 0.0000926. The summed E-state index contributed by atoms with van der Waals surface area (Å²) < 4.78 is 28.8. The third-order valence-electron chi connectivity index (χ3n) is 3.05. The first kappa shape index (κ1) is 15.7. The quantitative estimate of drug-likeness (QED) is 0.639. The molecular weight excluding hydrogens is 302 g/mol. The molecule has 0 unspecified atom stereocenters. The lowest BCUT2D eigenvalue weighted by Gasteiger charge is -2.12. The highest BCUT2D eigenvalue weighted by atomic mass is 32.2. The van der Waals surface area contributed by atoms with Crippen LogP contribution in [-0.2, 0) is 14.6 Å². The fourth-order valence-electron chi connectivity index (χ4n) is 2.03. The van der Waals surface area contributed by atoms with E-state index in [0.717, 1.165) is 6.26 Å². The zero-order chi connectivity index (χ0) is 16.3. The number of sulfone groups is 1. The molecule has 0 aliphatic carbocycles. The van der Waals surface area contributed by atoms with Gasteiger partial charge in [-0.2, -0.15) is 0 Å². The monoisotopic (exact) mass is 315 g/mol. The van der Waals surface area contributed by atoms with E-state index in [1.165, 1.54) is 25.4 Å². The normalized spacial score (nSPS) is 10.8. The number of hydrogen-bond donors (Lipinski definition) is 0. The van der Waals surface area contributed by atoms with Gasteiger partial charge in [-0.05, 0) is 18.2 Å². The van der Waals surface area contributed by atoms with Gasteiger partial charge in [-0.3, -0.25) is 4.98 Å². The molecule has 1 aromatic heterocycles. The first-order valence-electron chi connectivity index (χ1n) is 6.22. The van der Waals surface area contributed by atoms with E-state index in [0.29, 0.717) is 11.1 Å². The van der Waals surface area contributed by atoms with Gasteiger partial charge < -0.3 is 4.74 Å². The molecule has 2 aromatic rings. The van der Waals surface area contributed by atoms with Crippen LogP contribution in [0.2, 0.25) is 0 Å². The van der Waals surface area contributed by atoms with E-state index in [4.69, 9.17) is 6.42 Å². The van der Waals surface area contributed by atoms with E-state index in [1.807, 2.05) is 0 Å². The van der Waals surface area contributed by atoms with Crippen molar-refractivity contribution in [2.75, 3.05) is 13.4 Å². The van der Waals surface area contributed by atoms with Crippen molar-refractivity contribution < 1.29 is 17.9 Å². The average Bonchev–Trinajstić information content (AvgIpc) is 2.52. The maximum absolute atomic E-state index is 12.1. The zero-order valence-corrected chi connectivity index (χ0v) is 12.8. The Morgan fingerprint density at radius 3 is 2.59 bits per heavy atom. The van der Waals surface area contributed by atoms with Gasteiger partial charge in [-0.25, -0.2) is 13.2 Å². The lowest BCUT2D eigenvalue weighted by Crippen LogP contribution is -2.09. The Balaban J connectivity index is 2.85. The number of hydrogen-bond acceptors (Lipinski definition) is 5. The van der Waals surface area contributed by atoms with E-state index in [-0.39, 0.29) is 16.0 Å². The number of esters is 1. The smallest absolute Gasteiger partial charge is 0.339 e. The van der Waals surface area contributed by atoms with Gasteiger partial charge in [-0.15, -0.1) is 6.42 Å². The molecule has 0 N–H and O–H groups in total. The van der Waals surface area contributed by atoms with Crippen molar-refractivity contribution in [1.29, 1.82) is 0 Å². The molecule has 0 radical (unpaired) electrons. The summed E-state index contributed by atoms with van der Waals surface area (Å²) in [6, 6.07) is 6.14. The van der Waals surface area contributed by atoms with Gasteiger partial charge in [-0.1, -0.05) is 12.0 Å². The Labute approximate surface area is 128 Å². The minimum atomic E-state index is -3.57. The molecular formula is C16H13NO4S. The van der Waals surface area contributed by atoms with Gasteiger partial charge in [0.05, 0.1) is 17.6 Å². The molecule has 5 nitrogen and oxygen atoms in total. The van der Waals surface area contributed by atoms with E-state index in [9.17, 15) is 13.2 Å². The van der Waals surface area contributed by atoms with Crippen molar-refractivity contribution in [1.82, 2.24) is 4.98 Å². The number of benzene rings is 1. The molecule has 112 valence electrons. The summed E-state index contributed by atoms with van der Waals surface area (Å²) in [5.74, 6) is 1.70. The Hall–Kier alpha value is -2.65. The van der Waals surface area contributed by atoms with Gasteiger partial charge in [0.25, 0.3) is 0 Å². The summed E-state index contributed by atoms with van der Waals surface area (Å²) in [5, 5.41) is 0. The third kappa shape index (κ3) is 3.00. The second-order valence-corrected chi connectivity index (χ2v) is 6.53. The second-order valence-electron chi connectivity index (χ2n) is 4.54. The van der Waals surface area contributed by atoms with Crippen molar-refractivity contribution in [2.45, 2.75) is 4.90 Å². The SMILES string of the molecule is C#Cc1cc(-c2cccnc2)c(S(C)(=O)=O)cc1C(=O)OC. The lowest BCUT2D eigenvalue weighted by molar-refractivity contribution is 0.0600. The highest BCUT2D eigenvalue weighted by molar-refractivity contribution is 7.90. The van der Waals surface area contributed by atoms with Crippen LogP contribution in [0.4, 0.5) is 0 Å². The van der Waals surface area contributed by atoms with Crippen molar-refractivity contribution in [2.24, 2.45) is 0 Å². The lowest BCUT2D eigenvalue weighted by atomic mass is 10.00. The molecule has 0 aliphatic rings. The number of nitrogens with zero attached hydrogens (tertiary/aromatic N) is 1. The molecule has 1 aromatic carbocycles.